The van der Waals surface area contributed by atoms with Gasteiger partial charge in [-0.05, 0) is 27.2 Å². The summed E-state index contributed by atoms with van der Waals surface area (Å²) < 4.78 is 0. The minimum Gasteiger partial charge on any atom is -0.211 e. The highest BCUT2D eigenvalue weighted by atomic mass is 16.1. The summed E-state index contributed by atoms with van der Waals surface area (Å²) in [5, 5.41) is 0. The van der Waals surface area contributed by atoms with Gasteiger partial charge in [0.1, 0.15) is 0 Å². The van der Waals surface area contributed by atoms with Crippen LogP contribution in [0.4, 0.5) is 0 Å². The lowest BCUT2D eigenvalue weighted by molar-refractivity contribution is 0.535. The van der Waals surface area contributed by atoms with Gasteiger partial charge in [-0.15, -0.1) is 0 Å². The van der Waals surface area contributed by atoms with E-state index >= 15 is 0 Å². The molecule has 0 atom stereocenters. The summed E-state index contributed by atoms with van der Waals surface area (Å²) in [5.41, 5.74) is -0.248. The Hall–Kier alpha value is -1.24. The molecule has 4 heteroatoms. The average Bonchev–Trinajstić information content (AvgIpc) is 2.12. The molecule has 0 rings (SSSR count). The van der Waals surface area contributed by atoms with Crippen molar-refractivity contribution in [3.05, 3.63) is 0 Å². The highest BCUT2D eigenvalue weighted by molar-refractivity contribution is 5.34. The van der Waals surface area contributed by atoms with Gasteiger partial charge < -0.3 is 0 Å². The molecule has 0 unspecified atom stereocenters. The van der Waals surface area contributed by atoms with E-state index in [2.05, 4.69) is 16.9 Å². The number of rotatable bonds is 4. The zero-order chi connectivity index (χ0) is 12.2. The van der Waals surface area contributed by atoms with Gasteiger partial charge in [0.05, 0.1) is 12.1 Å². The Balaban J connectivity index is 0. The highest BCUT2D eigenvalue weighted by Crippen LogP contribution is 2.02. The molecule has 0 spiro atoms. The van der Waals surface area contributed by atoms with Crippen molar-refractivity contribution in [3.63, 3.8) is 0 Å². The third kappa shape index (κ3) is 24.5. The molecule has 0 bridgehead atoms. The fourth-order valence-corrected chi connectivity index (χ4v) is 0.623. The van der Waals surface area contributed by atoms with Crippen LogP contribution in [0.5, 0.6) is 0 Å². The van der Waals surface area contributed by atoms with E-state index in [0.29, 0.717) is 6.54 Å². The normalized spacial score (nSPS) is 9.07. The van der Waals surface area contributed by atoms with Crippen LogP contribution in [0.25, 0.3) is 0 Å². The Morgan fingerprint density at radius 2 is 1.67 bits per heavy atom. The van der Waals surface area contributed by atoms with Crippen LogP contribution in [0.3, 0.4) is 0 Å². The molecular formula is C11H20N2O2. The predicted octanol–water partition coefficient (Wildman–Crippen LogP) is 2.63. The second-order valence-corrected chi connectivity index (χ2v) is 4.05. The Kier molecular flexibility index (Phi) is 11.7. The summed E-state index contributed by atoms with van der Waals surface area (Å²) in [7, 11) is 0. The SMILES string of the molecule is CC(C)(C)N=C=O.CCCCCN=C=O. The zero-order valence-electron chi connectivity index (χ0n) is 10.0. The fraction of sp³-hybridized carbons (Fsp3) is 0.818. The predicted molar refractivity (Wildman–Crippen MR) is 60.4 cm³/mol. The largest absolute Gasteiger partial charge is 0.235 e. The number of aliphatic imine (C=N–C) groups is 2. The summed E-state index contributed by atoms with van der Waals surface area (Å²) in [6.07, 6.45) is 6.34. The first-order chi connectivity index (χ1) is 6.97. The van der Waals surface area contributed by atoms with E-state index in [1.54, 1.807) is 0 Å². The van der Waals surface area contributed by atoms with Crippen molar-refractivity contribution in [2.45, 2.75) is 52.5 Å². The maximum absolute atomic E-state index is 9.53. The van der Waals surface area contributed by atoms with Crippen molar-refractivity contribution in [1.29, 1.82) is 0 Å². The number of hydrogen-bond donors (Lipinski definition) is 0. The quantitative estimate of drug-likeness (QED) is 0.408. The first-order valence-corrected chi connectivity index (χ1v) is 5.10. The Bertz CT molecular complexity index is 231. The van der Waals surface area contributed by atoms with Crippen molar-refractivity contribution in [3.8, 4) is 0 Å². The van der Waals surface area contributed by atoms with E-state index in [-0.39, 0.29) is 5.54 Å². The summed E-state index contributed by atoms with van der Waals surface area (Å²) in [6.45, 7) is 8.30. The van der Waals surface area contributed by atoms with E-state index in [4.69, 9.17) is 0 Å². The second-order valence-electron chi connectivity index (χ2n) is 4.05. The lowest BCUT2D eigenvalue weighted by Crippen LogP contribution is -2.07. The molecular weight excluding hydrogens is 192 g/mol. The number of isocyanates is 2. The molecule has 15 heavy (non-hydrogen) atoms. The molecule has 0 aromatic rings. The van der Waals surface area contributed by atoms with Crippen LogP contribution in [-0.2, 0) is 9.59 Å². The molecule has 0 aliphatic carbocycles. The fourth-order valence-electron chi connectivity index (χ4n) is 0.623. The number of carbonyl (C=O) groups excluding carboxylic acids is 2. The summed E-state index contributed by atoms with van der Waals surface area (Å²) in [6, 6.07) is 0. The molecule has 4 nitrogen and oxygen atoms in total. The van der Waals surface area contributed by atoms with Gasteiger partial charge in [-0.25, -0.2) is 19.6 Å². The van der Waals surface area contributed by atoms with E-state index in [1.807, 2.05) is 20.8 Å². The van der Waals surface area contributed by atoms with Crippen LogP contribution in [-0.4, -0.2) is 24.2 Å². The van der Waals surface area contributed by atoms with Gasteiger partial charge in [-0.1, -0.05) is 19.8 Å². The van der Waals surface area contributed by atoms with E-state index in [9.17, 15) is 9.59 Å². The van der Waals surface area contributed by atoms with Crippen LogP contribution >= 0.6 is 0 Å². The molecule has 0 N–H and O–H groups in total. The maximum atomic E-state index is 9.53. The van der Waals surface area contributed by atoms with Crippen molar-refractivity contribution < 1.29 is 9.59 Å². The Labute approximate surface area is 91.5 Å². The molecule has 0 aromatic heterocycles. The summed E-state index contributed by atoms with van der Waals surface area (Å²) in [4.78, 5) is 25.9. The van der Waals surface area contributed by atoms with Crippen LogP contribution in [0.2, 0.25) is 0 Å². The van der Waals surface area contributed by atoms with Gasteiger partial charge in [-0.2, -0.15) is 0 Å². The molecule has 86 valence electrons. The molecule has 0 aromatic carbocycles. The van der Waals surface area contributed by atoms with Crippen molar-refractivity contribution in [2.75, 3.05) is 6.54 Å². The molecule has 0 aliphatic rings. The lowest BCUT2D eigenvalue weighted by Gasteiger charge is -2.05. The Morgan fingerprint density at radius 1 is 1.07 bits per heavy atom. The van der Waals surface area contributed by atoms with Crippen LogP contribution < -0.4 is 0 Å². The molecule has 0 heterocycles. The van der Waals surface area contributed by atoms with E-state index in [0.717, 1.165) is 12.8 Å². The van der Waals surface area contributed by atoms with Gasteiger partial charge in [-0.3, -0.25) is 0 Å². The topological polar surface area (TPSA) is 58.9 Å². The van der Waals surface area contributed by atoms with Gasteiger partial charge in [0, 0.05) is 0 Å². The van der Waals surface area contributed by atoms with Gasteiger partial charge in [0.25, 0.3) is 0 Å². The van der Waals surface area contributed by atoms with Crippen LogP contribution in [0.1, 0.15) is 47.0 Å². The van der Waals surface area contributed by atoms with E-state index < -0.39 is 0 Å². The zero-order valence-corrected chi connectivity index (χ0v) is 10.0. The van der Waals surface area contributed by atoms with Gasteiger partial charge in [0.15, 0.2) is 0 Å². The summed E-state index contributed by atoms with van der Waals surface area (Å²) in [5.74, 6) is 0. The summed E-state index contributed by atoms with van der Waals surface area (Å²) >= 11 is 0. The number of nitrogens with zero attached hydrogens (tertiary/aromatic N) is 2. The third-order valence-electron chi connectivity index (χ3n) is 1.32. The molecule has 0 radical (unpaired) electrons. The first kappa shape index (κ1) is 16.2. The molecule has 0 amide bonds. The number of hydrogen-bond acceptors (Lipinski definition) is 4. The lowest BCUT2D eigenvalue weighted by atomic mass is 10.1. The van der Waals surface area contributed by atoms with Crippen molar-refractivity contribution >= 4 is 12.2 Å². The van der Waals surface area contributed by atoms with Crippen molar-refractivity contribution in [2.24, 2.45) is 9.98 Å². The smallest absolute Gasteiger partial charge is 0.211 e. The molecule has 0 saturated carbocycles. The van der Waals surface area contributed by atoms with Crippen LogP contribution in [0, 0.1) is 0 Å². The average molecular weight is 212 g/mol. The Morgan fingerprint density at radius 3 is 1.93 bits per heavy atom. The monoisotopic (exact) mass is 212 g/mol. The van der Waals surface area contributed by atoms with Crippen LogP contribution in [0.15, 0.2) is 9.98 Å². The molecule has 0 saturated heterocycles. The van der Waals surface area contributed by atoms with E-state index in [1.165, 1.54) is 18.6 Å². The minimum absolute atomic E-state index is 0.248. The van der Waals surface area contributed by atoms with Gasteiger partial charge in [0.2, 0.25) is 12.2 Å². The third-order valence-corrected chi connectivity index (χ3v) is 1.32. The highest BCUT2D eigenvalue weighted by Gasteiger charge is 2.04. The molecule has 0 aliphatic heterocycles. The van der Waals surface area contributed by atoms with Crippen molar-refractivity contribution in [1.82, 2.24) is 0 Å². The minimum atomic E-state index is -0.248. The standard InChI is InChI=1S/C6H11NO.C5H9NO/c1-2-3-4-5-7-6-8;1-5(2,3)6-4-7/h2-5H2,1H3;1-3H3. The maximum Gasteiger partial charge on any atom is 0.235 e. The number of unbranched alkanes of at least 4 members (excludes halogenated alkanes) is 2. The second kappa shape index (κ2) is 10.8. The van der Waals surface area contributed by atoms with Gasteiger partial charge >= 0.3 is 0 Å². The first-order valence-electron chi connectivity index (χ1n) is 5.10. The molecule has 0 fully saturated rings.